The molecule has 1 saturated carbocycles. The Hall–Kier alpha value is -2.90. The molecule has 2 fully saturated rings. The molecule has 1 saturated heterocycles. The molecule has 0 spiro atoms. The standard InChI is InChI=1S/C26H25ClFN5O/c1-14-15(2)31-26-23(30-14)11-22(32-25(26)20-6-3-18(27)10-21(20)28)16-7-8-34-24(9-16)17-12-29-33(13-17)19-4-5-19/h3,6,10-13,16,19,24H,4-5,7-9H2,1-2H3/t16-,24+/m0/s1. The van der Waals surface area contributed by atoms with Gasteiger partial charge in [0.15, 0.2) is 0 Å². The fourth-order valence-electron chi connectivity index (χ4n) is 4.68. The number of halogens is 2. The molecule has 0 amide bonds. The second-order valence-electron chi connectivity index (χ2n) is 9.35. The van der Waals surface area contributed by atoms with Gasteiger partial charge in [-0.1, -0.05) is 11.6 Å². The second kappa shape index (κ2) is 8.40. The first-order chi connectivity index (χ1) is 16.5. The van der Waals surface area contributed by atoms with E-state index >= 15 is 0 Å². The van der Waals surface area contributed by atoms with E-state index in [1.807, 2.05) is 26.1 Å². The molecule has 2 atom stereocenters. The van der Waals surface area contributed by atoms with Crippen molar-refractivity contribution in [3.63, 3.8) is 0 Å². The smallest absolute Gasteiger partial charge is 0.134 e. The van der Waals surface area contributed by atoms with Gasteiger partial charge in [0.25, 0.3) is 0 Å². The van der Waals surface area contributed by atoms with Crippen LogP contribution in [0.3, 0.4) is 0 Å². The largest absolute Gasteiger partial charge is 0.373 e. The Bertz CT molecular complexity index is 1400. The molecule has 1 aliphatic carbocycles. The molecule has 0 unspecified atom stereocenters. The van der Waals surface area contributed by atoms with Crippen LogP contribution in [-0.2, 0) is 4.74 Å². The molecule has 4 heterocycles. The lowest BCUT2D eigenvalue weighted by Gasteiger charge is -2.29. The molecule has 0 N–H and O–H groups in total. The van der Waals surface area contributed by atoms with Gasteiger partial charge in [-0.15, -0.1) is 0 Å². The zero-order valence-corrected chi connectivity index (χ0v) is 19.9. The van der Waals surface area contributed by atoms with Crippen LogP contribution in [0.4, 0.5) is 4.39 Å². The summed E-state index contributed by atoms with van der Waals surface area (Å²) < 4.78 is 23.1. The quantitative estimate of drug-likeness (QED) is 0.346. The van der Waals surface area contributed by atoms with Crippen molar-refractivity contribution in [3.05, 3.63) is 70.1 Å². The van der Waals surface area contributed by atoms with Crippen LogP contribution in [0.1, 0.15) is 66.4 Å². The molecule has 34 heavy (non-hydrogen) atoms. The van der Waals surface area contributed by atoms with E-state index in [9.17, 15) is 4.39 Å². The third-order valence-electron chi connectivity index (χ3n) is 6.89. The van der Waals surface area contributed by atoms with E-state index in [0.717, 1.165) is 41.0 Å². The highest BCUT2D eigenvalue weighted by molar-refractivity contribution is 6.30. The third kappa shape index (κ3) is 3.97. The fourth-order valence-corrected chi connectivity index (χ4v) is 4.84. The van der Waals surface area contributed by atoms with Crippen molar-refractivity contribution in [3.8, 4) is 11.3 Å². The first-order valence-electron chi connectivity index (χ1n) is 11.7. The van der Waals surface area contributed by atoms with Crippen LogP contribution in [0.15, 0.2) is 36.7 Å². The number of benzene rings is 1. The van der Waals surface area contributed by atoms with Crippen LogP contribution in [0.25, 0.3) is 22.3 Å². The summed E-state index contributed by atoms with van der Waals surface area (Å²) in [4.78, 5) is 14.5. The number of hydrogen-bond acceptors (Lipinski definition) is 5. The number of hydrogen-bond donors (Lipinski definition) is 0. The number of fused-ring (bicyclic) bond motifs is 1. The van der Waals surface area contributed by atoms with Gasteiger partial charge in [-0.3, -0.25) is 4.68 Å². The Morgan fingerprint density at radius 3 is 2.68 bits per heavy atom. The maximum Gasteiger partial charge on any atom is 0.134 e. The van der Waals surface area contributed by atoms with Gasteiger partial charge >= 0.3 is 0 Å². The number of aryl methyl sites for hydroxylation is 2. The maximum absolute atomic E-state index is 15.0. The summed E-state index contributed by atoms with van der Waals surface area (Å²) >= 11 is 6.01. The van der Waals surface area contributed by atoms with E-state index in [2.05, 4.69) is 16.0 Å². The van der Waals surface area contributed by atoms with E-state index in [0.29, 0.717) is 34.4 Å². The van der Waals surface area contributed by atoms with Crippen molar-refractivity contribution >= 4 is 22.6 Å². The lowest BCUT2D eigenvalue weighted by atomic mass is 9.89. The molecule has 2 aliphatic rings. The molecule has 8 heteroatoms. The molecule has 6 rings (SSSR count). The Morgan fingerprint density at radius 2 is 1.88 bits per heavy atom. The van der Waals surface area contributed by atoms with E-state index in [1.54, 1.807) is 12.1 Å². The fraction of sp³-hybridized carbons (Fsp3) is 0.385. The van der Waals surface area contributed by atoms with Crippen molar-refractivity contribution in [2.24, 2.45) is 0 Å². The zero-order chi connectivity index (χ0) is 23.4. The second-order valence-corrected chi connectivity index (χ2v) is 9.78. The average molecular weight is 478 g/mol. The SMILES string of the molecule is Cc1nc2cc([C@H]3CCO[C@@H](c4cnn(C5CC5)c4)C3)nc(-c3ccc(Cl)cc3F)c2nc1C. The summed E-state index contributed by atoms with van der Waals surface area (Å²) in [6, 6.07) is 7.20. The van der Waals surface area contributed by atoms with Crippen molar-refractivity contribution in [1.29, 1.82) is 0 Å². The molecule has 4 aromatic rings. The summed E-state index contributed by atoms with van der Waals surface area (Å²) in [5, 5.41) is 4.88. The van der Waals surface area contributed by atoms with Gasteiger partial charge < -0.3 is 4.74 Å². The number of ether oxygens (including phenoxy) is 1. The van der Waals surface area contributed by atoms with Crippen molar-refractivity contribution in [2.75, 3.05) is 6.61 Å². The van der Waals surface area contributed by atoms with E-state index < -0.39 is 5.82 Å². The van der Waals surface area contributed by atoms with Gasteiger partial charge in [0.2, 0.25) is 0 Å². The highest BCUT2D eigenvalue weighted by atomic mass is 35.5. The molecular weight excluding hydrogens is 453 g/mol. The lowest BCUT2D eigenvalue weighted by molar-refractivity contribution is 0.00462. The van der Waals surface area contributed by atoms with Crippen LogP contribution in [0.5, 0.6) is 0 Å². The monoisotopic (exact) mass is 477 g/mol. The van der Waals surface area contributed by atoms with Crippen LogP contribution in [0.2, 0.25) is 5.02 Å². The molecule has 0 radical (unpaired) electrons. The Labute approximate surface area is 202 Å². The van der Waals surface area contributed by atoms with Gasteiger partial charge in [-0.2, -0.15) is 5.10 Å². The van der Waals surface area contributed by atoms with Gasteiger partial charge in [0.1, 0.15) is 17.0 Å². The minimum Gasteiger partial charge on any atom is -0.373 e. The zero-order valence-electron chi connectivity index (χ0n) is 19.1. The predicted molar refractivity (Wildman–Crippen MR) is 128 cm³/mol. The van der Waals surface area contributed by atoms with E-state index in [1.165, 1.54) is 18.9 Å². The van der Waals surface area contributed by atoms with Gasteiger partial charge in [-0.05, 0) is 63.8 Å². The van der Waals surface area contributed by atoms with Crippen molar-refractivity contribution in [2.45, 2.75) is 57.6 Å². The average Bonchev–Trinajstić information content (AvgIpc) is 3.56. The summed E-state index contributed by atoms with van der Waals surface area (Å²) in [6.45, 7) is 4.47. The maximum atomic E-state index is 15.0. The predicted octanol–water partition coefficient (Wildman–Crippen LogP) is 6.27. The summed E-state index contributed by atoms with van der Waals surface area (Å²) in [5.41, 5.74) is 5.85. The summed E-state index contributed by atoms with van der Waals surface area (Å²) in [6.07, 6.45) is 8.02. The Morgan fingerprint density at radius 1 is 1.06 bits per heavy atom. The Balaban J connectivity index is 1.41. The number of aromatic nitrogens is 5. The topological polar surface area (TPSA) is 65.7 Å². The minimum atomic E-state index is -0.421. The highest BCUT2D eigenvalue weighted by Crippen LogP contribution is 2.40. The highest BCUT2D eigenvalue weighted by Gasteiger charge is 2.30. The van der Waals surface area contributed by atoms with Gasteiger partial charge in [-0.25, -0.2) is 19.3 Å². The number of pyridine rings is 1. The Kier molecular flexibility index (Phi) is 5.34. The molecule has 1 aliphatic heterocycles. The molecule has 0 bridgehead atoms. The lowest BCUT2D eigenvalue weighted by Crippen LogP contribution is -2.19. The first-order valence-corrected chi connectivity index (χ1v) is 12.1. The molecule has 6 nitrogen and oxygen atoms in total. The summed E-state index contributed by atoms with van der Waals surface area (Å²) in [5.74, 6) is -0.263. The van der Waals surface area contributed by atoms with Gasteiger partial charge in [0, 0.05) is 40.6 Å². The number of rotatable bonds is 4. The van der Waals surface area contributed by atoms with Crippen LogP contribution in [-0.4, -0.2) is 31.3 Å². The third-order valence-corrected chi connectivity index (χ3v) is 7.12. The number of nitrogens with zero attached hydrogens (tertiary/aromatic N) is 5. The molecule has 1 aromatic carbocycles. The molecular formula is C26H25ClFN5O. The molecule has 3 aromatic heterocycles. The minimum absolute atomic E-state index is 0.0368. The summed E-state index contributed by atoms with van der Waals surface area (Å²) in [7, 11) is 0. The first kappa shape index (κ1) is 21.6. The van der Waals surface area contributed by atoms with Crippen LogP contribution < -0.4 is 0 Å². The van der Waals surface area contributed by atoms with Crippen LogP contribution in [0, 0.1) is 19.7 Å². The van der Waals surface area contributed by atoms with E-state index in [4.69, 9.17) is 31.3 Å². The molecule has 174 valence electrons. The van der Waals surface area contributed by atoms with Crippen molar-refractivity contribution in [1.82, 2.24) is 24.7 Å². The van der Waals surface area contributed by atoms with Gasteiger partial charge in [0.05, 0.1) is 35.2 Å². The van der Waals surface area contributed by atoms with E-state index in [-0.39, 0.29) is 12.0 Å². The van der Waals surface area contributed by atoms with Crippen LogP contribution >= 0.6 is 11.6 Å². The normalized spacial score (nSPS) is 20.7. The van der Waals surface area contributed by atoms with Crippen molar-refractivity contribution < 1.29 is 9.13 Å².